The third-order valence-electron chi connectivity index (χ3n) is 5.96. The van der Waals surface area contributed by atoms with Crippen molar-refractivity contribution in [2.75, 3.05) is 13.1 Å². The van der Waals surface area contributed by atoms with Crippen molar-refractivity contribution in [2.45, 2.75) is 72.5 Å². The molecule has 1 aliphatic rings. The summed E-state index contributed by atoms with van der Waals surface area (Å²) in [5.41, 5.74) is 1.41. The van der Waals surface area contributed by atoms with Gasteiger partial charge in [-0.05, 0) is 67.3 Å². The Bertz CT molecular complexity index is 985. The summed E-state index contributed by atoms with van der Waals surface area (Å²) in [5, 5.41) is 2.98. The number of rotatable bonds is 14. The molecule has 34 heavy (non-hydrogen) atoms. The van der Waals surface area contributed by atoms with Crippen LogP contribution in [0.15, 0.2) is 47.1 Å². The normalized spacial score (nSPS) is 14.5. The van der Waals surface area contributed by atoms with E-state index in [1.165, 1.54) is 4.31 Å². The molecule has 1 heterocycles. The molecule has 1 fully saturated rings. The van der Waals surface area contributed by atoms with Gasteiger partial charge in [0.1, 0.15) is 5.76 Å². The van der Waals surface area contributed by atoms with Crippen molar-refractivity contribution in [3.05, 3.63) is 59.5 Å². The first-order valence-corrected chi connectivity index (χ1v) is 13.7. The van der Waals surface area contributed by atoms with Crippen LogP contribution in [0.25, 0.3) is 0 Å². The molecule has 1 amide bonds. The number of carbonyl (C=O) groups excluding carboxylic acids is 1. The Morgan fingerprint density at radius 2 is 1.59 bits per heavy atom. The number of carbonyl (C=O) groups is 1. The fourth-order valence-electron chi connectivity index (χ4n) is 3.57. The molecule has 188 valence electrons. The Balaban J connectivity index is 1.80. The predicted molar refractivity (Wildman–Crippen MR) is 134 cm³/mol. The highest BCUT2D eigenvalue weighted by molar-refractivity contribution is 7.86. The maximum Gasteiger partial charge on any atom is 0.282 e. The van der Waals surface area contributed by atoms with Gasteiger partial charge in [-0.25, -0.2) is 0 Å². The number of furan rings is 1. The number of hydrogen-bond acceptors (Lipinski definition) is 4. The second-order valence-corrected chi connectivity index (χ2v) is 12.0. The van der Waals surface area contributed by atoms with Gasteiger partial charge in [0, 0.05) is 31.2 Å². The van der Waals surface area contributed by atoms with Crippen molar-refractivity contribution in [2.24, 2.45) is 11.8 Å². The molecule has 1 N–H and O–H groups in total. The Kier molecular flexibility index (Phi) is 9.33. The third-order valence-corrected chi connectivity index (χ3v) is 7.89. The Morgan fingerprint density at radius 1 is 0.971 bits per heavy atom. The summed E-state index contributed by atoms with van der Waals surface area (Å²) in [5.74, 6) is 1.33. The average molecular weight is 490 g/mol. The zero-order chi connectivity index (χ0) is 24.7. The smallest absolute Gasteiger partial charge is 0.282 e. The molecule has 0 spiro atoms. The van der Waals surface area contributed by atoms with Crippen LogP contribution in [0.4, 0.5) is 0 Å². The molecule has 7 nitrogen and oxygen atoms in total. The first-order chi connectivity index (χ1) is 16.1. The fourth-order valence-corrected chi connectivity index (χ4v) is 5.17. The number of nitrogens with zero attached hydrogens (tertiary/aromatic N) is 2. The second-order valence-electron chi connectivity index (χ2n) is 10.1. The van der Waals surface area contributed by atoms with Crippen LogP contribution in [-0.4, -0.2) is 42.1 Å². The van der Waals surface area contributed by atoms with Gasteiger partial charge in [-0.1, -0.05) is 39.8 Å². The van der Waals surface area contributed by atoms with Crippen LogP contribution in [0.5, 0.6) is 0 Å². The van der Waals surface area contributed by atoms with Gasteiger partial charge in [0.05, 0.1) is 12.8 Å². The zero-order valence-electron chi connectivity index (χ0n) is 20.9. The maximum atomic E-state index is 13.8. The van der Waals surface area contributed by atoms with E-state index in [0.29, 0.717) is 42.3 Å². The van der Waals surface area contributed by atoms with E-state index in [1.54, 1.807) is 34.8 Å². The molecule has 0 atom stereocenters. The van der Waals surface area contributed by atoms with Crippen LogP contribution in [0, 0.1) is 11.8 Å². The lowest BCUT2D eigenvalue weighted by Gasteiger charge is -2.30. The first-order valence-electron chi connectivity index (χ1n) is 12.3. The summed E-state index contributed by atoms with van der Waals surface area (Å²) in [7, 11) is -3.74. The highest BCUT2D eigenvalue weighted by atomic mass is 32.2. The lowest BCUT2D eigenvalue weighted by atomic mass is 10.1. The Morgan fingerprint density at radius 3 is 2.09 bits per heavy atom. The van der Waals surface area contributed by atoms with E-state index < -0.39 is 10.2 Å². The van der Waals surface area contributed by atoms with Crippen molar-refractivity contribution in [3.8, 4) is 0 Å². The molecule has 0 unspecified atom stereocenters. The SMILES string of the molecule is CC(C)CCN(CCC(C)C)S(=O)(=O)N(Cc1ccc(C(=O)NC2CC2)cc1)Cc1ccco1. The molecule has 1 aromatic heterocycles. The lowest BCUT2D eigenvalue weighted by molar-refractivity contribution is 0.0951. The minimum atomic E-state index is -3.74. The molecular formula is C26H39N3O4S. The fraction of sp³-hybridized carbons (Fsp3) is 0.577. The van der Waals surface area contributed by atoms with Crippen LogP contribution < -0.4 is 5.32 Å². The molecule has 1 saturated carbocycles. The summed E-state index contributed by atoms with van der Waals surface area (Å²) in [4.78, 5) is 12.3. The number of nitrogens with one attached hydrogen (secondary N) is 1. The standard InChI is InChI=1S/C26H39N3O4S/c1-20(2)13-15-28(16-14-21(3)4)34(31,32)29(19-25-6-5-17-33-25)18-22-7-9-23(10-8-22)26(30)27-24-11-12-24/h5-10,17,20-21,24H,11-16,18-19H2,1-4H3,(H,27,30). The molecule has 2 aromatic rings. The van der Waals surface area contributed by atoms with E-state index in [2.05, 4.69) is 33.0 Å². The summed E-state index contributed by atoms with van der Waals surface area (Å²) in [6.07, 6.45) is 5.23. The Labute approximate surface area is 204 Å². The van der Waals surface area contributed by atoms with Crippen LogP contribution in [-0.2, 0) is 23.3 Å². The van der Waals surface area contributed by atoms with E-state index >= 15 is 0 Å². The van der Waals surface area contributed by atoms with E-state index in [0.717, 1.165) is 31.2 Å². The van der Waals surface area contributed by atoms with Gasteiger partial charge < -0.3 is 9.73 Å². The Hall–Kier alpha value is -2.16. The van der Waals surface area contributed by atoms with E-state index in [-0.39, 0.29) is 19.0 Å². The van der Waals surface area contributed by atoms with Gasteiger partial charge in [-0.3, -0.25) is 4.79 Å². The predicted octanol–water partition coefficient (Wildman–Crippen LogP) is 4.81. The molecule has 0 bridgehead atoms. The van der Waals surface area contributed by atoms with Crippen molar-refractivity contribution in [3.63, 3.8) is 0 Å². The van der Waals surface area contributed by atoms with Gasteiger partial charge in [-0.2, -0.15) is 17.0 Å². The van der Waals surface area contributed by atoms with Gasteiger partial charge in [-0.15, -0.1) is 0 Å². The lowest BCUT2D eigenvalue weighted by Crippen LogP contribution is -2.44. The zero-order valence-corrected chi connectivity index (χ0v) is 21.7. The second kappa shape index (κ2) is 12.0. The number of amides is 1. The van der Waals surface area contributed by atoms with Gasteiger partial charge in [0.25, 0.3) is 16.1 Å². The molecule has 1 aromatic carbocycles. The van der Waals surface area contributed by atoms with Crippen LogP contribution in [0.2, 0.25) is 0 Å². The monoisotopic (exact) mass is 489 g/mol. The summed E-state index contributed by atoms with van der Waals surface area (Å²) in [6.45, 7) is 9.75. The first kappa shape index (κ1) is 26.4. The number of hydrogen-bond donors (Lipinski definition) is 1. The van der Waals surface area contributed by atoms with Crippen molar-refractivity contribution < 1.29 is 17.6 Å². The molecule has 1 aliphatic carbocycles. The van der Waals surface area contributed by atoms with Crippen LogP contribution in [0.1, 0.15) is 75.1 Å². The van der Waals surface area contributed by atoms with Crippen molar-refractivity contribution in [1.29, 1.82) is 0 Å². The van der Waals surface area contributed by atoms with Gasteiger partial charge in [0.15, 0.2) is 0 Å². The quantitative estimate of drug-likeness (QED) is 0.413. The van der Waals surface area contributed by atoms with Crippen molar-refractivity contribution >= 4 is 16.1 Å². The molecule has 3 rings (SSSR count). The highest BCUT2D eigenvalue weighted by Crippen LogP contribution is 2.22. The van der Waals surface area contributed by atoms with E-state index in [9.17, 15) is 13.2 Å². The third kappa shape index (κ3) is 7.96. The minimum absolute atomic E-state index is 0.0809. The summed E-state index contributed by atoms with van der Waals surface area (Å²) >= 11 is 0. The molecular weight excluding hydrogens is 450 g/mol. The minimum Gasteiger partial charge on any atom is -0.468 e. The van der Waals surface area contributed by atoms with Gasteiger partial charge >= 0.3 is 0 Å². The largest absolute Gasteiger partial charge is 0.468 e. The maximum absolute atomic E-state index is 13.8. The number of benzene rings is 1. The molecule has 8 heteroatoms. The molecule has 0 radical (unpaired) electrons. The highest BCUT2D eigenvalue weighted by Gasteiger charge is 2.31. The average Bonchev–Trinajstić information content (AvgIpc) is 3.44. The van der Waals surface area contributed by atoms with Crippen molar-refractivity contribution in [1.82, 2.24) is 13.9 Å². The van der Waals surface area contributed by atoms with Gasteiger partial charge in [0.2, 0.25) is 0 Å². The van der Waals surface area contributed by atoms with E-state index in [4.69, 9.17) is 4.42 Å². The molecule has 0 saturated heterocycles. The van der Waals surface area contributed by atoms with E-state index in [1.807, 2.05) is 12.1 Å². The summed E-state index contributed by atoms with van der Waals surface area (Å²) in [6, 6.07) is 11.0. The van der Waals surface area contributed by atoms with Crippen LogP contribution >= 0.6 is 0 Å². The topological polar surface area (TPSA) is 82.9 Å². The van der Waals surface area contributed by atoms with Crippen LogP contribution in [0.3, 0.4) is 0 Å². The summed E-state index contributed by atoms with van der Waals surface area (Å²) < 4.78 is 36.3. The molecule has 0 aliphatic heterocycles.